The van der Waals surface area contributed by atoms with Gasteiger partial charge in [0, 0.05) is 16.9 Å². The van der Waals surface area contributed by atoms with Crippen LogP contribution < -0.4 is 5.32 Å². The Bertz CT molecular complexity index is 421. The third-order valence-electron chi connectivity index (χ3n) is 3.58. The summed E-state index contributed by atoms with van der Waals surface area (Å²) >= 11 is 1.65. The third-order valence-corrected chi connectivity index (χ3v) is 4.54. The minimum absolute atomic E-state index is 0.0409. The number of hydrogen-bond acceptors (Lipinski definition) is 3. The van der Waals surface area contributed by atoms with Crippen molar-refractivity contribution in [3.63, 3.8) is 0 Å². The molecule has 1 aromatic rings. The summed E-state index contributed by atoms with van der Waals surface area (Å²) in [5, 5.41) is 5.03. The maximum absolute atomic E-state index is 12.2. The molecule has 1 aliphatic rings. The molecule has 0 unspecified atom stereocenters. The fraction of sp³-hybridized carbons (Fsp3) is 0.643. The van der Waals surface area contributed by atoms with Gasteiger partial charge in [0.1, 0.15) is 0 Å². The van der Waals surface area contributed by atoms with Gasteiger partial charge < -0.3 is 10.1 Å². The van der Waals surface area contributed by atoms with Crippen molar-refractivity contribution in [2.75, 3.05) is 6.61 Å². The number of thiophene rings is 1. The van der Waals surface area contributed by atoms with Crippen LogP contribution in [-0.2, 0) is 11.2 Å². The lowest BCUT2D eigenvalue weighted by Crippen LogP contribution is -2.41. The Balaban J connectivity index is 2.02. The van der Waals surface area contributed by atoms with Crippen molar-refractivity contribution in [2.24, 2.45) is 0 Å². The molecule has 1 N–H and O–H groups in total. The molecule has 18 heavy (non-hydrogen) atoms. The zero-order valence-electron chi connectivity index (χ0n) is 11.3. The van der Waals surface area contributed by atoms with E-state index >= 15 is 0 Å². The molecule has 100 valence electrons. The van der Waals surface area contributed by atoms with Crippen LogP contribution in [0.3, 0.4) is 0 Å². The van der Waals surface area contributed by atoms with Crippen LogP contribution in [0.5, 0.6) is 0 Å². The van der Waals surface area contributed by atoms with Crippen molar-refractivity contribution < 1.29 is 9.53 Å². The van der Waals surface area contributed by atoms with Crippen LogP contribution in [0.25, 0.3) is 0 Å². The van der Waals surface area contributed by atoms with Gasteiger partial charge in [-0.15, -0.1) is 11.3 Å². The quantitative estimate of drug-likeness (QED) is 0.911. The topological polar surface area (TPSA) is 38.3 Å². The minimum Gasteiger partial charge on any atom is -0.376 e. The lowest BCUT2D eigenvalue weighted by molar-refractivity contribution is 0.0712. The SMILES string of the molecule is CCc1c(C(=O)N[C@@H](C)[C@@H]2CCCO2)csc1C. The van der Waals surface area contributed by atoms with E-state index in [0.29, 0.717) is 0 Å². The van der Waals surface area contributed by atoms with E-state index in [4.69, 9.17) is 4.74 Å². The largest absolute Gasteiger partial charge is 0.376 e. The van der Waals surface area contributed by atoms with Crippen molar-refractivity contribution in [1.29, 1.82) is 0 Å². The molecular weight excluding hydrogens is 246 g/mol. The second-order valence-corrected chi connectivity index (χ2v) is 5.94. The first-order chi connectivity index (χ1) is 8.63. The monoisotopic (exact) mass is 267 g/mol. The van der Waals surface area contributed by atoms with Crippen molar-refractivity contribution in [1.82, 2.24) is 5.32 Å². The summed E-state index contributed by atoms with van der Waals surface area (Å²) < 4.78 is 5.60. The standard InChI is InChI=1S/C14H21NO2S/c1-4-11-10(3)18-8-12(11)14(16)15-9(2)13-6-5-7-17-13/h8-9,13H,4-7H2,1-3H3,(H,15,16)/t9-,13-/m0/s1. The first-order valence-corrected chi connectivity index (χ1v) is 7.50. The van der Waals surface area contributed by atoms with Gasteiger partial charge in [0.15, 0.2) is 0 Å². The lowest BCUT2D eigenvalue weighted by atomic mass is 10.1. The molecule has 0 bridgehead atoms. The van der Waals surface area contributed by atoms with Gasteiger partial charge in [-0.3, -0.25) is 4.79 Å². The predicted octanol–water partition coefficient (Wildman–Crippen LogP) is 2.92. The molecule has 0 radical (unpaired) electrons. The average molecular weight is 267 g/mol. The molecule has 1 amide bonds. The molecule has 4 heteroatoms. The molecule has 0 saturated carbocycles. The highest BCUT2D eigenvalue weighted by atomic mass is 32.1. The van der Waals surface area contributed by atoms with Gasteiger partial charge in [0.2, 0.25) is 0 Å². The molecule has 1 saturated heterocycles. The van der Waals surface area contributed by atoms with Gasteiger partial charge in [-0.25, -0.2) is 0 Å². The van der Waals surface area contributed by atoms with Crippen molar-refractivity contribution in [2.45, 2.75) is 52.2 Å². The highest BCUT2D eigenvalue weighted by Crippen LogP contribution is 2.23. The van der Waals surface area contributed by atoms with E-state index in [-0.39, 0.29) is 18.1 Å². The summed E-state index contributed by atoms with van der Waals surface area (Å²) in [7, 11) is 0. The van der Waals surface area contributed by atoms with Crippen LogP contribution in [0.4, 0.5) is 0 Å². The molecule has 3 nitrogen and oxygen atoms in total. The number of rotatable bonds is 4. The maximum Gasteiger partial charge on any atom is 0.252 e. The maximum atomic E-state index is 12.2. The first kappa shape index (κ1) is 13.6. The van der Waals surface area contributed by atoms with Gasteiger partial charge in [-0.05, 0) is 38.7 Å². The average Bonchev–Trinajstić information content (AvgIpc) is 2.97. The van der Waals surface area contributed by atoms with Gasteiger partial charge in [-0.2, -0.15) is 0 Å². The number of amides is 1. The smallest absolute Gasteiger partial charge is 0.252 e. The van der Waals surface area contributed by atoms with E-state index in [1.165, 1.54) is 10.4 Å². The van der Waals surface area contributed by atoms with E-state index in [1.54, 1.807) is 11.3 Å². The van der Waals surface area contributed by atoms with Crippen molar-refractivity contribution in [3.05, 3.63) is 21.4 Å². The van der Waals surface area contributed by atoms with Crippen LogP contribution >= 0.6 is 11.3 Å². The highest BCUT2D eigenvalue weighted by molar-refractivity contribution is 7.10. The first-order valence-electron chi connectivity index (χ1n) is 6.63. The van der Waals surface area contributed by atoms with E-state index in [9.17, 15) is 4.79 Å². The van der Waals surface area contributed by atoms with E-state index in [0.717, 1.165) is 31.4 Å². The second-order valence-electron chi connectivity index (χ2n) is 4.85. The Labute approximate surface area is 113 Å². The predicted molar refractivity (Wildman–Crippen MR) is 74.3 cm³/mol. The van der Waals surface area contributed by atoms with E-state index in [2.05, 4.69) is 19.2 Å². The number of hydrogen-bond donors (Lipinski definition) is 1. The van der Waals surface area contributed by atoms with Crippen LogP contribution in [-0.4, -0.2) is 24.7 Å². The van der Waals surface area contributed by atoms with Crippen LogP contribution in [0.1, 0.15) is 47.5 Å². The second kappa shape index (κ2) is 5.85. The van der Waals surface area contributed by atoms with Crippen LogP contribution in [0.15, 0.2) is 5.38 Å². The van der Waals surface area contributed by atoms with Crippen molar-refractivity contribution >= 4 is 17.2 Å². The Morgan fingerprint density at radius 1 is 1.67 bits per heavy atom. The molecule has 1 aromatic heterocycles. The Morgan fingerprint density at radius 3 is 3.06 bits per heavy atom. The molecule has 1 aliphatic heterocycles. The van der Waals surface area contributed by atoms with Crippen LogP contribution in [0, 0.1) is 6.92 Å². The van der Waals surface area contributed by atoms with E-state index < -0.39 is 0 Å². The summed E-state index contributed by atoms with van der Waals surface area (Å²) in [6, 6.07) is 0.0879. The number of carbonyl (C=O) groups is 1. The zero-order chi connectivity index (χ0) is 13.1. The van der Waals surface area contributed by atoms with E-state index in [1.807, 2.05) is 12.3 Å². The fourth-order valence-corrected chi connectivity index (χ4v) is 3.42. The summed E-state index contributed by atoms with van der Waals surface area (Å²) in [6.07, 6.45) is 3.23. The van der Waals surface area contributed by atoms with Gasteiger partial charge in [-0.1, -0.05) is 6.92 Å². The molecule has 1 fully saturated rings. The molecule has 2 heterocycles. The fourth-order valence-electron chi connectivity index (χ4n) is 2.48. The normalized spacial score (nSPS) is 20.9. The molecule has 2 atom stereocenters. The third kappa shape index (κ3) is 2.75. The number of nitrogens with one attached hydrogen (secondary N) is 1. The summed E-state index contributed by atoms with van der Waals surface area (Å²) in [5.74, 6) is 0.0409. The Kier molecular flexibility index (Phi) is 4.40. The summed E-state index contributed by atoms with van der Waals surface area (Å²) in [5.41, 5.74) is 2.02. The van der Waals surface area contributed by atoms with Crippen LogP contribution in [0.2, 0.25) is 0 Å². The number of carbonyl (C=O) groups excluding carboxylic acids is 1. The number of ether oxygens (including phenoxy) is 1. The number of aryl methyl sites for hydroxylation is 1. The summed E-state index contributed by atoms with van der Waals surface area (Å²) in [6.45, 7) is 7.01. The van der Waals surface area contributed by atoms with Gasteiger partial charge in [0.25, 0.3) is 5.91 Å². The Hall–Kier alpha value is -0.870. The highest BCUT2D eigenvalue weighted by Gasteiger charge is 2.25. The minimum atomic E-state index is 0.0409. The molecule has 0 aliphatic carbocycles. The molecular formula is C14H21NO2S. The molecule has 0 spiro atoms. The summed E-state index contributed by atoms with van der Waals surface area (Å²) in [4.78, 5) is 13.5. The lowest BCUT2D eigenvalue weighted by Gasteiger charge is -2.20. The van der Waals surface area contributed by atoms with Gasteiger partial charge >= 0.3 is 0 Å². The molecule has 0 aromatic carbocycles. The zero-order valence-corrected chi connectivity index (χ0v) is 12.1. The van der Waals surface area contributed by atoms with Gasteiger partial charge in [0.05, 0.1) is 17.7 Å². The van der Waals surface area contributed by atoms with Crippen molar-refractivity contribution in [3.8, 4) is 0 Å². The molecule has 2 rings (SSSR count). The Morgan fingerprint density at radius 2 is 2.44 bits per heavy atom.